The third kappa shape index (κ3) is 5.15. The molecule has 7 nitrogen and oxygen atoms in total. The van der Waals surface area contributed by atoms with Gasteiger partial charge < -0.3 is 14.2 Å². The van der Waals surface area contributed by atoms with E-state index in [-0.39, 0.29) is 6.61 Å². The van der Waals surface area contributed by atoms with Gasteiger partial charge in [-0.3, -0.25) is 10.1 Å². The van der Waals surface area contributed by atoms with Crippen LogP contribution in [0.1, 0.15) is 22.8 Å². The van der Waals surface area contributed by atoms with Crippen LogP contribution in [0.15, 0.2) is 47.8 Å². The van der Waals surface area contributed by atoms with Gasteiger partial charge in [-0.2, -0.15) is 0 Å². The topological polar surface area (TPSA) is 86.8 Å². The second kappa shape index (κ2) is 9.89. The van der Waals surface area contributed by atoms with E-state index in [0.29, 0.717) is 27.9 Å². The molecule has 1 heterocycles. The molecule has 0 saturated carbocycles. The van der Waals surface area contributed by atoms with Crippen LogP contribution in [0.5, 0.6) is 11.5 Å². The van der Waals surface area contributed by atoms with Crippen LogP contribution in [0.2, 0.25) is 0 Å². The zero-order chi connectivity index (χ0) is 21.5. The van der Waals surface area contributed by atoms with E-state index in [2.05, 4.69) is 10.3 Å². The molecule has 1 aromatic heterocycles. The summed E-state index contributed by atoms with van der Waals surface area (Å²) in [5.74, 6) is 0.211. The van der Waals surface area contributed by atoms with Crippen molar-refractivity contribution in [3.8, 4) is 22.8 Å². The molecule has 156 valence electrons. The van der Waals surface area contributed by atoms with Gasteiger partial charge in [-0.15, -0.1) is 11.3 Å². The van der Waals surface area contributed by atoms with Gasteiger partial charge in [0.15, 0.2) is 23.2 Å². The molecule has 8 heteroatoms. The molecule has 3 rings (SSSR count). The van der Waals surface area contributed by atoms with Crippen molar-refractivity contribution in [2.45, 2.75) is 13.3 Å². The average molecular weight is 426 g/mol. The van der Waals surface area contributed by atoms with Crippen LogP contribution >= 0.6 is 11.3 Å². The molecule has 0 saturated heterocycles. The third-order valence-corrected chi connectivity index (χ3v) is 5.12. The number of methoxy groups -OCH3 is 2. The zero-order valence-electron chi connectivity index (χ0n) is 16.9. The monoisotopic (exact) mass is 426 g/mol. The molecule has 2 aromatic carbocycles. The number of hydrogen-bond acceptors (Lipinski definition) is 7. The van der Waals surface area contributed by atoms with Crippen LogP contribution in [0.4, 0.5) is 5.13 Å². The molecule has 0 radical (unpaired) electrons. The first-order valence-electron chi connectivity index (χ1n) is 9.28. The Labute approximate surface area is 178 Å². The van der Waals surface area contributed by atoms with Crippen LogP contribution in [-0.2, 0) is 16.0 Å². The number of esters is 1. The highest BCUT2D eigenvalue weighted by atomic mass is 32.1. The largest absolute Gasteiger partial charge is 0.493 e. The van der Waals surface area contributed by atoms with Crippen molar-refractivity contribution in [1.82, 2.24) is 4.98 Å². The molecule has 3 aromatic rings. The van der Waals surface area contributed by atoms with Gasteiger partial charge in [-0.05, 0) is 42.3 Å². The zero-order valence-corrected chi connectivity index (χ0v) is 17.7. The number of anilines is 1. The van der Waals surface area contributed by atoms with Crippen molar-refractivity contribution in [3.63, 3.8) is 0 Å². The van der Waals surface area contributed by atoms with E-state index >= 15 is 0 Å². The first kappa shape index (κ1) is 21.3. The fourth-order valence-electron chi connectivity index (χ4n) is 2.71. The van der Waals surface area contributed by atoms with Crippen LogP contribution < -0.4 is 14.8 Å². The van der Waals surface area contributed by atoms with Crippen LogP contribution in [-0.4, -0.2) is 37.7 Å². The Balaban J connectivity index is 1.57. The van der Waals surface area contributed by atoms with E-state index in [1.165, 1.54) is 11.3 Å². The van der Waals surface area contributed by atoms with Gasteiger partial charge in [0, 0.05) is 10.9 Å². The van der Waals surface area contributed by atoms with Crippen molar-refractivity contribution in [3.05, 3.63) is 59.0 Å². The van der Waals surface area contributed by atoms with Crippen LogP contribution in [0.3, 0.4) is 0 Å². The first-order valence-corrected chi connectivity index (χ1v) is 10.2. The van der Waals surface area contributed by atoms with Crippen LogP contribution in [0.25, 0.3) is 11.3 Å². The van der Waals surface area contributed by atoms with Gasteiger partial charge in [-0.1, -0.05) is 19.1 Å². The number of aryl methyl sites for hydroxylation is 1. The third-order valence-electron chi connectivity index (χ3n) is 4.36. The number of hydrogen-bond donors (Lipinski definition) is 1. The minimum Gasteiger partial charge on any atom is -0.493 e. The standard InChI is InChI=1S/C22H22N2O5S/c1-4-14-5-7-15(8-6-14)21(26)29-12-20(25)24-22-23-17(13-30-22)16-9-10-18(27-2)19(11-16)28-3/h5-11,13H,4,12H2,1-3H3,(H,23,24,25). The lowest BCUT2D eigenvalue weighted by molar-refractivity contribution is -0.119. The molecule has 0 aliphatic heterocycles. The van der Waals surface area contributed by atoms with Crippen LogP contribution in [0, 0.1) is 0 Å². The summed E-state index contributed by atoms with van der Waals surface area (Å²) < 4.78 is 15.6. The lowest BCUT2D eigenvalue weighted by Gasteiger charge is -2.08. The Hall–Kier alpha value is -3.39. The predicted molar refractivity (Wildman–Crippen MR) is 115 cm³/mol. The second-order valence-electron chi connectivity index (χ2n) is 6.28. The Morgan fingerprint density at radius 2 is 1.77 bits per heavy atom. The number of carbonyl (C=O) groups excluding carboxylic acids is 2. The number of ether oxygens (including phenoxy) is 3. The Morgan fingerprint density at radius 1 is 1.03 bits per heavy atom. The lowest BCUT2D eigenvalue weighted by atomic mass is 10.1. The van der Waals surface area contributed by atoms with Crippen molar-refractivity contribution < 1.29 is 23.8 Å². The number of nitrogens with zero attached hydrogens (tertiary/aromatic N) is 1. The minimum atomic E-state index is -0.544. The quantitative estimate of drug-likeness (QED) is 0.544. The number of thiazole rings is 1. The average Bonchev–Trinajstić information content (AvgIpc) is 3.25. The molecule has 0 fully saturated rings. The molecule has 0 aliphatic rings. The fourth-order valence-corrected chi connectivity index (χ4v) is 3.44. The van der Waals surface area contributed by atoms with Gasteiger partial charge >= 0.3 is 5.97 Å². The van der Waals surface area contributed by atoms with Gasteiger partial charge in [0.05, 0.1) is 25.5 Å². The summed E-state index contributed by atoms with van der Waals surface area (Å²) in [6.07, 6.45) is 0.886. The molecule has 0 atom stereocenters. The molecular weight excluding hydrogens is 404 g/mol. The molecule has 0 bridgehead atoms. The van der Waals surface area contributed by atoms with Gasteiger partial charge in [0.25, 0.3) is 5.91 Å². The summed E-state index contributed by atoms with van der Waals surface area (Å²) in [5.41, 5.74) is 3.04. The Kier molecular flexibility index (Phi) is 7.03. The highest BCUT2D eigenvalue weighted by Gasteiger charge is 2.13. The molecule has 1 N–H and O–H groups in total. The number of benzene rings is 2. The summed E-state index contributed by atoms with van der Waals surface area (Å²) in [7, 11) is 3.13. The van der Waals surface area contributed by atoms with Crippen molar-refractivity contribution in [1.29, 1.82) is 0 Å². The van der Waals surface area contributed by atoms with Crippen molar-refractivity contribution in [2.24, 2.45) is 0 Å². The minimum absolute atomic E-state index is 0.389. The fraction of sp³-hybridized carbons (Fsp3) is 0.227. The molecule has 0 spiro atoms. The highest BCUT2D eigenvalue weighted by molar-refractivity contribution is 7.14. The molecule has 30 heavy (non-hydrogen) atoms. The molecular formula is C22H22N2O5S. The van der Waals surface area contributed by atoms with E-state index in [1.54, 1.807) is 32.4 Å². The predicted octanol–water partition coefficient (Wildman–Crippen LogP) is 4.19. The number of nitrogens with one attached hydrogen (secondary N) is 1. The number of amides is 1. The Morgan fingerprint density at radius 3 is 2.43 bits per heavy atom. The van der Waals surface area contributed by atoms with E-state index in [9.17, 15) is 9.59 Å². The molecule has 0 unspecified atom stereocenters. The van der Waals surface area contributed by atoms with Crippen molar-refractivity contribution in [2.75, 3.05) is 26.1 Å². The summed E-state index contributed by atoms with van der Waals surface area (Å²) in [6, 6.07) is 12.6. The Bertz CT molecular complexity index is 1030. The summed E-state index contributed by atoms with van der Waals surface area (Å²) in [5, 5.41) is 4.87. The maximum absolute atomic E-state index is 12.1. The number of aromatic nitrogens is 1. The summed E-state index contributed by atoms with van der Waals surface area (Å²) in [4.78, 5) is 28.6. The first-order chi connectivity index (χ1) is 14.5. The van der Waals surface area contributed by atoms with Crippen molar-refractivity contribution >= 4 is 28.3 Å². The van der Waals surface area contributed by atoms with E-state index < -0.39 is 11.9 Å². The number of carbonyl (C=O) groups is 2. The second-order valence-corrected chi connectivity index (χ2v) is 7.14. The molecule has 1 amide bonds. The molecule has 0 aliphatic carbocycles. The lowest BCUT2D eigenvalue weighted by Crippen LogP contribution is -2.20. The van der Waals surface area contributed by atoms with E-state index in [1.807, 2.05) is 36.6 Å². The number of rotatable bonds is 8. The maximum atomic E-state index is 12.1. The highest BCUT2D eigenvalue weighted by Crippen LogP contribution is 2.33. The smallest absolute Gasteiger partial charge is 0.338 e. The van der Waals surface area contributed by atoms with E-state index in [4.69, 9.17) is 14.2 Å². The van der Waals surface area contributed by atoms with Gasteiger partial charge in [-0.25, -0.2) is 9.78 Å². The van der Waals surface area contributed by atoms with Gasteiger partial charge in [0.1, 0.15) is 0 Å². The normalized spacial score (nSPS) is 10.4. The SMILES string of the molecule is CCc1ccc(C(=O)OCC(=O)Nc2nc(-c3ccc(OC)c(OC)c3)cs2)cc1. The van der Waals surface area contributed by atoms with E-state index in [0.717, 1.165) is 17.5 Å². The summed E-state index contributed by atoms with van der Waals surface area (Å²) in [6.45, 7) is 1.65. The van der Waals surface area contributed by atoms with Gasteiger partial charge in [0.2, 0.25) is 0 Å². The maximum Gasteiger partial charge on any atom is 0.338 e. The summed E-state index contributed by atoms with van der Waals surface area (Å²) >= 11 is 1.28.